The Labute approximate surface area is 50.1 Å². The highest BCUT2D eigenvalue weighted by Crippen LogP contribution is 1.93. The molecule has 2 nitrogen and oxygen atoms in total. The predicted molar refractivity (Wildman–Crippen MR) is 34.3 cm³/mol. The van der Waals surface area contributed by atoms with Crippen LogP contribution in [0.5, 0.6) is 0 Å². The molecule has 0 aliphatic heterocycles. The van der Waals surface area contributed by atoms with Crippen LogP contribution in [-0.2, 0) is 9.84 Å². The van der Waals surface area contributed by atoms with Crippen LogP contribution in [0.15, 0.2) is 11.0 Å². The van der Waals surface area contributed by atoms with Gasteiger partial charge in [-0.1, -0.05) is 5.57 Å². The lowest BCUT2D eigenvalue weighted by atomic mass is 10.4. The van der Waals surface area contributed by atoms with E-state index in [9.17, 15) is 8.42 Å². The molecule has 0 heterocycles. The molecule has 48 valence electrons. The Morgan fingerprint density at radius 3 is 1.75 bits per heavy atom. The number of hydrogen-bond donors (Lipinski definition) is 0. The number of allylic oxidation sites excluding steroid dienone is 1. The quantitative estimate of drug-likeness (QED) is 0.535. The highest BCUT2D eigenvalue weighted by Gasteiger charge is 1.91. The molecule has 3 heteroatoms. The molecule has 0 aromatic heterocycles. The minimum Gasteiger partial charge on any atom is -0.225 e. The van der Waals surface area contributed by atoms with Crippen LogP contribution in [0, 0.1) is 0 Å². The van der Waals surface area contributed by atoms with Crippen molar-refractivity contribution < 1.29 is 8.42 Å². The molecule has 0 aliphatic carbocycles. The van der Waals surface area contributed by atoms with Crippen LogP contribution in [0.25, 0.3) is 0 Å². The number of hydrogen-bond acceptors (Lipinski definition) is 2. The third-order valence-corrected chi connectivity index (χ3v) is 1.35. The summed E-state index contributed by atoms with van der Waals surface area (Å²) in [5, 5.41) is 1.24. The van der Waals surface area contributed by atoms with Gasteiger partial charge in [0.25, 0.3) is 0 Å². The SMILES string of the molecule is CC(C)=CS(C)(=O)=O. The summed E-state index contributed by atoms with van der Waals surface area (Å²) in [6.45, 7) is 3.50. The molecule has 0 saturated carbocycles. The molecule has 0 aromatic rings. The normalized spacial score (nSPS) is 10.9. The van der Waals surface area contributed by atoms with Gasteiger partial charge in [-0.2, -0.15) is 0 Å². The summed E-state index contributed by atoms with van der Waals surface area (Å²) in [7, 11) is -2.89. The third-order valence-electron chi connectivity index (χ3n) is 0.450. The highest BCUT2D eigenvalue weighted by molar-refractivity contribution is 7.93. The largest absolute Gasteiger partial charge is 0.225 e. The lowest BCUT2D eigenvalue weighted by Gasteiger charge is -1.85. The molecule has 0 spiro atoms. The average Bonchev–Trinajstić information content (AvgIpc) is 1.21. The van der Waals surface area contributed by atoms with E-state index in [0.717, 1.165) is 5.57 Å². The number of sulfone groups is 1. The predicted octanol–water partition coefficient (Wildman–Crippen LogP) is 0.955. The summed E-state index contributed by atoms with van der Waals surface area (Å²) >= 11 is 0. The van der Waals surface area contributed by atoms with Crippen molar-refractivity contribution in [1.82, 2.24) is 0 Å². The zero-order chi connectivity index (χ0) is 6.78. The first-order chi connectivity index (χ1) is 3.42. The van der Waals surface area contributed by atoms with Crippen molar-refractivity contribution in [2.75, 3.05) is 6.26 Å². The summed E-state index contributed by atoms with van der Waals surface area (Å²) < 4.78 is 20.7. The molecule has 0 rings (SSSR count). The lowest BCUT2D eigenvalue weighted by molar-refractivity contribution is 0.610. The fraction of sp³-hybridized carbons (Fsp3) is 0.600. The Kier molecular flexibility index (Phi) is 2.22. The van der Waals surface area contributed by atoms with Gasteiger partial charge in [0.1, 0.15) is 0 Å². The van der Waals surface area contributed by atoms with Crippen LogP contribution < -0.4 is 0 Å². The van der Waals surface area contributed by atoms with E-state index in [4.69, 9.17) is 0 Å². The zero-order valence-corrected chi connectivity index (χ0v) is 6.12. The lowest BCUT2D eigenvalue weighted by Crippen LogP contribution is -1.88. The van der Waals surface area contributed by atoms with Crippen LogP contribution in [0.4, 0.5) is 0 Å². The van der Waals surface area contributed by atoms with Gasteiger partial charge in [0, 0.05) is 11.7 Å². The van der Waals surface area contributed by atoms with Gasteiger partial charge in [-0.05, 0) is 13.8 Å². The second kappa shape index (κ2) is 2.31. The van der Waals surface area contributed by atoms with Gasteiger partial charge in [0.05, 0.1) is 0 Å². The second-order valence-corrected chi connectivity index (χ2v) is 3.92. The van der Waals surface area contributed by atoms with Crippen molar-refractivity contribution in [1.29, 1.82) is 0 Å². The Hall–Kier alpha value is -0.310. The van der Waals surface area contributed by atoms with Crippen molar-refractivity contribution >= 4 is 9.84 Å². The molecule has 0 atom stereocenters. The Morgan fingerprint density at radius 2 is 1.75 bits per heavy atom. The van der Waals surface area contributed by atoms with Gasteiger partial charge < -0.3 is 0 Å². The molecule has 0 aliphatic rings. The first kappa shape index (κ1) is 7.69. The van der Waals surface area contributed by atoms with Crippen molar-refractivity contribution in [2.45, 2.75) is 13.8 Å². The van der Waals surface area contributed by atoms with Crippen LogP contribution >= 0.6 is 0 Å². The maximum absolute atomic E-state index is 10.4. The Balaban J connectivity index is 4.36. The molecule has 0 radical (unpaired) electrons. The highest BCUT2D eigenvalue weighted by atomic mass is 32.2. The molecule has 0 bridgehead atoms. The van der Waals surface area contributed by atoms with E-state index < -0.39 is 9.84 Å². The van der Waals surface area contributed by atoms with Crippen LogP contribution in [0.1, 0.15) is 13.8 Å². The molecule has 0 fully saturated rings. The van der Waals surface area contributed by atoms with Crippen molar-refractivity contribution in [3.8, 4) is 0 Å². The summed E-state index contributed by atoms with van der Waals surface area (Å²) in [6, 6.07) is 0. The van der Waals surface area contributed by atoms with E-state index in [1.807, 2.05) is 0 Å². The van der Waals surface area contributed by atoms with Gasteiger partial charge in [-0.25, -0.2) is 8.42 Å². The smallest absolute Gasteiger partial charge is 0.168 e. The maximum Gasteiger partial charge on any atom is 0.168 e. The number of rotatable bonds is 1. The van der Waals surface area contributed by atoms with Crippen LogP contribution in [-0.4, -0.2) is 14.7 Å². The molecular formula is C5H10O2S. The fourth-order valence-corrected chi connectivity index (χ4v) is 1.28. The molecule has 8 heavy (non-hydrogen) atoms. The fourth-order valence-electron chi connectivity index (χ4n) is 0.428. The molecule has 0 N–H and O–H groups in total. The van der Waals surface area contributed by atoms with Gasteiger partial charge >= 0.3 is 0 Å². The first-order valence-electron chi connectivity index (χ1n) is 2.27. The summed E-state index contributed by atoms with van der Waals surface area (Å²) in [6.07, 6.45) is 1.18. The standard InChI is InChI=1S/C5H10O2S/c1-5(2)4-8(3,6)7/h4H,1-3H3. The van der Waals surface area contributed by atoms with E-state index in [1.54, 1.807) is 13.8 Å². The zero-order valence-electron chi connectivity index (χ0n) is 5.30. The topological polar surface area (TPSA) is 34.1 Å². The van der Waals surface area contributed by atoms with E-state index in [1.165, 1.54) is 11.7 Å². The van der Waals surface area contributed by atoms with Crippen LogP contribution in [0.2, 0.25) is 0 Å². The van der Waals surface area contributed by atoms with Gasteiger partial charge in [-0.15, -0.1) is 0 Å². The minimum absolute atomic E-state index is 0.813. The molecule has 0 amide bonds. The molecule has 0 saturated heterocycles. The minimum atomic E-state index is -2.89. The second-order valence-electron chi connectivity index (χ2n) is 2.02. The van der Waals surface area contributed by atoms with E-state index >= 15 is 0 Å². The Bertz CT molecular complexity index is 182. The van der Waals surface area contributed by atoms with Crippen molar-refractivity contribution in [3.05, 3.63) is 11.0 Å². The molecule has 0 aromatic carbocycles. The summed E-state index contributed by atoms with van der Waals surface area (Å²) in [4.78, 5) is 0. The summed E-state index contributed by atoms with van der Waals surface area (Å²) in [5.41, 5.74) is 0.813. The third kappa shape index (κ3) is 5.69. The van der Waals surface area contributed by atoms with Crippen molar-refractivity contribution in [3.63, 3.8) is 0 Å². The van der Waals surface area contributed by atoms with Gasteiger partial charge in [0.2, 0.25) is 0 Å². The van der Waals surface area contributed by atoms with Crippen LogP contribution in [0.3, 0.4) is 0 Å². The summed E-state index contributed by atoms with van der Waals surface area (Å²) in [5.74, 6) is 0. The van der Waals surface area contributed by atoms with E-state index in [-0.39, 0.29) is 0 Å². The maximum atomic E-state index is 10.4. The molecule has 0 unspecified atom stereocenters. The molecular weight excluding hydrogens is 124 g/mol. The average molecular weight is 134 g/mol. The van der Waals surface area contributed by atoms with E-state index in [0.29, 0.717) is 0 Å². The van der Waals surface area contributed by atoms with E-state index in [2.05, 4.69) is 0 Å². The van der Waals surface area contributed by atoms with Crippen molar-refractivity contribution in [2.24, 2.45) is 0 Å². The Morgan fingerprint density at radius 1 is 1.38 bits per heavy atom. The van der Waals surface area contributed by atoms with Gasteiger partial charge in [-0.3, -0.25) is 0 Å². The van der Waals surface area contributed by atoms with Gasteiger partial charge in [0.15, 0.2) is 9.84 Å². The monoisotopic (exact) mass is 134 g/mol. The first-order valence-corrected chi connectivity index (χ1v) is 4.22.